The van der Waals surface area contributed by atoms with Gasteiger partial charge in [-0.2, -0.15) is 0 Å². The minimum Gasteiger partial charge on any atom is -0.495 e. The topological polar surface area (TPSA) is 139 Å². The second-order valence-electron chi connectivity index (χ2n) is 8.02. The van der Waals surface area contributed by atoms with Crippen LogP contribution in [0.3, 0.4) is 0 Å². The molecule has 36 heavy (non-hydrogen) atoms. The average Bonchev–Trinajstić information content (AvgIpc) is 2.84. The quantitative estimate of drug-likeness (QED) is 0.316. The summed E-state index contributed by atoms with van der Waals surface area (Å²) in [6.07, 6.45) is 1.65. The van der Waals surface area contributed by atoms with Gasteiger partial charge in [-0.3, -0.25) is 24.0 Å². The van der Waals surface area contributed by atoms with Gasteiger partial charge < -0.3 is 15.0 Å². The van der Waals surface area contributed by atoms with Crippen molar-refractivity contribution in [1.82, 2.24) is 10.2 Å². The van der Waals surface area contributed by atoms with Crippen LogP contribution < -0.4 is 14.4 Å². The molecule has 0 heterocycles. The molecule has 2 aromatic rings. The Bertz CT molecular complexity index is 1170. The molecule has 1 atom stereocenters. The van der Waals surface area contributed by atoms with Gasteiger partial charge in [0.1, 0.15) is 24.0 Å². The molecular weight excluding hydrogens is 488 g/mol. The van der Waals surface area contributed by atoms with Crippen molar-refractivity contribution in [2.75, 3.05) is 37.3 Å². The number of carbonyl (C=O) groups excluding carboxylic acids is 2. The zero-order chi connectivity index (χ0) is 26.9. The van der Waals surface area contributed by atoms with Crippen molar-refractivity contribution in [3.8, 4) is 5.75 Å². The highest BCUT2D eigenvalue weighted by molar-refractivity contribution is 7.92. The van der Waals surface area contributed by atoms with Gasteiger partial charge in [0.2, 0.25) is 21.8 Å². The third-order valence-corrected chi connectivity index (χ3v) is 6.67. The van der Waals surface area contributed by atoms with Gasteiger partial charge in [-0.05, 0) is 31.4 Å². The number of hydrogen-bond donors (Lipinski definition) is 1. The van der Waals surface area contributed by atoms with Gasteiger partial charge in [0.25, 0.3) is 5.69 Å². The third-order valence-electron chi connectivity index (χ3n) is 5.54. The van der Waals surface area contributed by atoms with Gasteiger partial charge in [-0.15, -0.1) is 0 Å². The fourth-order valence-electron chi connectivity index (χ4n) is 3.77. The molecule has 0 saturated heterocycles. The number of anilines is 1. The highest BCUT2D eigenvalue weighted by atomic mass is 32.2. The van der Waals surface area contributed by atoms with Crippen LogP contribution in [-0.4, -0.2) is 69.1 Å². The van der Waals surface area contributed by atoms with Crippen LogP contribution in [0.4, 0.5) is 11.4 Å². The molecule has 0 aliphatic carbocycles. The SMILES string of the molecule is CCNC(=O)C(CC)N(CCc1ccccc1)C(=O)CN(c1cc([N+](=O)[O-])ccc1OC)S(C)(=O)=O. The summed E-state index contributed by atoms with van der Waals surface area (Å²) >= 11 is 0. The lowest BCUT2D eigenvalue weighted by Gasteiger charge is -2.33. The molecule has 0 spiro atoms. The van der Waals surface area contributed by atoms with Gasteiger partial charge >= 0.3 is 0 Å². The summed E-state index contributed by atoms with van der Waals surface area (Å²) < 4.78 is 31.5. The molecule has 0 aliphatic rings. The molecule has 2 amide bonds. The number of amides is 2. The number of likely N-dealkylation sites (N-methyl/N-ethyl adjacent to an activating group) is 1. The lowest BCUT2D eigenvalue weighted by atomic mass is 10.1. The van der Waals surface area contributed by atoms with E-state index in [0.717, 1.165) is 22.2 Å². The molecule has 0 aromatic heterocycles. The van der Waals surface area contributed by atoms with Crippen molar-refractivity contribution in [3.05, 3.63) is 64.2 Å². The molecule has 0 bridgehead atoms. The Labute approximate surface area is 211 Å². The third kappa shape index (κ3) is 7.41. The largest absolute Gasteiger partial charge is 0.495 e. The number of rotatable bonds is 13. The molecule has 1 unspecified atom stereocenters. The van der Waals surface area contributed by atoms with Crippen LogP contribution in [0.25, 0.3) is 0 Å². The predicted molar refractivity (Wildman–Crippen MR) is 136 cm³/mol. The Hall–Kier alpha value is -3.67. The number of benzene rings is 2. The lowest BCUT2D eigenvalue weighted by Crippen LogP contribution is -2.53. The van der Waals surface area contributed by atoms with Crippen molar-refractivity contribution in [2.24, 2.45) is 0 Å². The number of non-ortho nitro benzene ring substituents is 1. The first-order valence-corrected chi connectivity index (χ1v) is 13.3. The van der Waals surface area contributed by atoms with E-state index in [4.69, 9.17) is 4.74 Å². The second kappa shape index (κ2) is 12.9. The Morgan fingerprint density at radius 3 is 2.33 bits per heavy atom. The molecule has 0 fully saturated rings. The predicted octanol–water partition coefficient (Wildman–Crippen LogP) is 2.36. The van der Waals surface area contributed by atoms with E-state index in [2.05, 4.69) is 5.32 Å². The molecule has 2 rings (SSSR count). The van der Waals surface area contributed by atoms with Crippen LogP contribution in [0.2, 0.25) is 0 Å². The Morgan fingerprint density at radius 2 is 1.81 bits per heavy atom. The van der Waals surface area contributed by atoms with E-state index < -0.39 is 33.4 Å². The summed E-state index contributed by atoms with van der Waals surface area (Å²) in [5.41, 5.74) is 0.444. The molecular formula is C24H32N4O7S. The zero-order valence-electron chi connectivity index (χ0n) is 20.8. The summed E-state index contributed by atoms with van der Waals surface area (Å²) in [5.74, 6) is -0.923. The van der Waals surface area contributed by atoms with Gasteiger partial charge in [0, 0.05) is 25.2 Å². The van der Waals surface area contributed by atoms with E-state index in [0.29, 0.717) is 19.4 Å². The summed E-state index contributed by atoms with van der Waals surface area (Å²) in [4.78, 5) is 38.4. The van der Waals surface area contributed by atoms with E-state index in [1.807, 2.05) is 30.3 Å². The first-order chi connectivity index (χ1) is 17.0. The normalized spacial score (nSPS) is 11.9. The fraction of sp³-hybridized carbons (Fsp3) is 0.417. The Morgan fingerprint density at radius 1 is 1.14 bits per heavy atom. The van der Waals surface area contributed by atoms with Crippen LogP contribution in [0, 0.1) is 10.1 Å². The molecule has 196 valence electrons. The van der Waals surface area contributed by atoms with Crippen molar-refractivity contribution in [2.45, 2.75) is 32.7 Å². The van der Waals surface area contributed by atoms with Crippen LogP contribution >= 0.6 is 0 Å². The summed E-state index contributed by atoms with van der Waals surface area (Å²) in [6.45, 7) is 3.40. The van der Waals surface area contributed by atoms with E-state index in [9.17, 15) is 28.1 Å². The maximum atomic E-state index is 13.6. The number of sulfonamides is 1. The van der Waals surface area contributed by atoms with Gasteiger partial charge in [-0.25, -0.2) is 8.42 Å². The molecule has 0 saturated carbocycles. The molecule has 0 radical (unpaired) electrons. The van der Waals surface area contributed by atoms with Crippen LogP contribution in [0.15, 0.2) is 48.5 Å². The number of methoxy groups -OCH3 is 1. The van der Waals surface area contributed by atoms with Crippen molar-refractivity contribution < 1.29 is 27.7 Å². The fourth-order valence-corrected chi connectivity index (χ4v) is 4.61. The number of carbonyl (C=O) groups is 2. The number of nitrogens with zero attached hydrogens (tertiary/aromatic N) is 3. The van der Waals surface area contributed by atoms with Crippen molar-refractivity contribution in [3.63, 3.8) is 0 Å². The first-order valence-electron chi connectivity index (χ1n) is 11.4. The summed E-state index contributed by atoms with van der Waals surface area (Å²) in [7, 11) is -2.78. The average molecular weight is 521 g/mol. The van der Waals surface area contributed by atoms with Crippen molar-refractivity contribution in [1.29, 1.82) is 0 Å². The summed E-state index contributed by atoms with van der Waals surface area (Å²) in [6, 6.07) is 12.1. The molecule has 0 aliphatic heterocycles. The number of nitrogens with one attached hydrogen (secondary N) is 1. The molecule has 2 aromatic carbocycles. The van der Waals surface area contributed by atoms with E-state index in [-0.39, 0.29) is 29.6 Å². The van der Waals surface area contributed by atoms with E-state index >= 15 is 0 Å². The van der Waals surface area contributed by atoms with Gasteiger partial charge in [0.05, 0.1) is 18.3 Å². The zero-order valence-corrected chi connectivity index (χ0v) is 21.7. The first kappa shape index (κ1) is 28.6. The van der Waals surface area contributed by atoms with Crippen molar-refractivity contribution >= 4 is 33.2 Å². The minimum absolute atomic E-state index is 0.0467. The minimum atomic E-state index is -4.07. The lowest BCUT2D eigenvalue weighted by molar-refractivity contribution is -0.384. The monoisotopic (exact) mass is 520 g/mol. The maximum Gasteiger partial charge on any atom is 0.271 e. The maximum absolute atomic E-state index is 13.6. The van der Waals surface area contributed by atoms with Crippen LogP contribution in [0.5, 0.6) is 5.75 Å². The summed E-state index contributed by atoms with van der Waals surface area (Å²) in [5, 5.41) is 14.0. The molecule has 12 heteroatoms. The van der Waals surface area contributed by atoms with Gasteiger partial charge in [-0.1, -0.05) is 37.3 Å². The number of ether oxygens (including phenoxy) is 1. The molecule has 11 nitrogen and oxygen atoms in total. The number of nitro groups is 1. The highest BCUT2D eigenvalue weighted by Crippen LogP contribution is 2.33. The van der Waals surface area contributed by atoms with Gasteiger partial charge in [0.15, 0.2) is 0 Å². The number of nitro benzene ring substituents is 1. The Balaban J connectivity index is 2.48. The Kier molecular flexibility index (Phi) is 10.2. The smallest absolute Gasteiger partial charge is 0.271 e. The van der Waals surface area contributed by atoms with Crippen LogP contribution in [0.1, 0.15) is 25.8 Å². The van der Waals surface area contributed by atoms with E-state index in [1.54, 1.807) is 13.8 Å². The van der Waals surface area contributed by atoms with E-state index in [1.165, 1.54) is 24.1 Å². The molecule has 1 N–H and O–H groups in total. The van der Waals surface area contributed by atoms with Crippen LogP contribution in [-0.2, 0) is 26.0 Å². The second-order valence-corrected chi connectivity index (χ2v) is 9.93. The number of hydrogen-bond acceptors (Lipinski definition) is 7. The highest BCUT2D eigenvalue weighted by Gasteiger charge is 2.32. The standard InChI is InChI=1S/C24H32N4O7S/c1-5-20(24(30)25-6-2)26(15-14-18-10-8-7-9-11-18)23(29)17-27(36(4,33)34)21-16-19(28(31)32)12-13-22(21)35-3/h7-13,16,20H,5-6,14-15,17H2,1-4H3,(H,25,30).